The summed E-state index contributed by atoms with van der Waals surface area (Å²) in [5.41, 5.74) is 0.403. The maximum atomic E-state index is 4.56. The SMILES string of the molecule is CC1CC(C)(C)/C=C\C(C)(C)C=N1. The molecule has 13 heavy (non-hydrogen) atoms. The van der Waals surface area contributed by atoms with Gasteiger partial charge in [-0.05, 0) is 18.8 Å². The summed E-state index contributed by atoms with van der Waals surface area (Å²) in [6.45, 7) is 11.1. The second kappa shape index (κ2) is 3.28. The Morgan fingerprint density at radius 3 is 2.38 bits per heavy atom. The van der Waals surface area contributed by atoms with Crippen LogP contribution in [0.4, 0.5) is 0 Å². The summed E-state index contributed by atoms with van der Waals surface area (Å²) in [6, 6.07) is 0.444. The molecule has 1 atom stereocenters. The van der Waals surface area contributed by atoms with Gasteiger partial charge in [-0.2, -0.15) is 0 Å². The summed E-state index contributed by atoms with van der Waals surface area (Å²) in [4.78, 5) is 4.56. The lowest BCUT2D eigenvalue weighted by molar-refractivity contribution is 0.393. The molecule has 0 aliphatic carbocycles. The normalized spacial score (nSPS) is 33.5. The molecule has 0 N–H and O–H groups in total. The van der Waals surface area contributed by atoms with Crippen LogP contribution in [-0.2, 0) is 0 Å². The van der Waals surface area contributed by atoms with Crippen molar-refractivity contribution in [2.24, 2.45) is 15.8 Å². The van der Waals surface area contributed by atoms with E-state index in [0.29, 0.717) is 6.04 Å². The summed E-state index contributed by atoms with van der Waals surface area (Å²) >= 11 is 0. The van der Waals surface area contributed by atoms with Crippen molar-refractivity contribution in [3.05, 3.63) is 12.2 Å². The quantitative estimate of drug-likeness (QED) is 0.505. The molecule has 0 aromatic heterocycles. The van der Waals surface area contributed by atoms with Crippen LogP contribution in [0, 0.1) is 10.8 Å². The number of aliphatic imine (C=N–C) groups is 1. The summed E-state index contributed by atoms with van der Waals surface area (Å²) in [5.74, 6) is 0. The van der Waals surface area contributed by atoms with E-state index in [-0.39, 0.29) is 10.8 Å². The molecule has 1 aliphatic heterocycles. The average Bonchev–Trinajstić information content (AvgIpc) is 1.96. The highest BCUT2D eigenvalue weighted by molar-refractivity contribution is 5.67. The van der Waals surface area contributed by atoms with Crippen LogP contribution in [0.15, 0.2) is 17.1 Å². The van der Waals surface area contributed by atoms with Crippen LogP contribution in [-0.4, -0.2) is 12.3 Å². The molecule has 0 saturated carbocycles. The first-order valence-corrected chi connectivity index (χ1v) is 5.05. The van der Waals surface area contributed by atoms with Crippen molar-refractivity contribution in [2.45, 2.75) is 47.1 Å². The van der Waals surface area contributed by atoms with E-state index in [4.69, 9.17) is 0 Å². The van der Waals surface area contributed by atoms with Gasteiger partial charge in [0, 0.05) is 17.7 Å². The second-order valence-electron chi connectivity index (χ2n) is 5.47. The van der Waals surface area contributed by atoms with Crippen LogP contribution in [0.3, 0.4) is 0 Å². The highest BCUT2D eigenvalue weighted by Crippen LogP contribution is 2.30. The molecular weight excluding hydrogens is 158 g/mol. The van der Waals surface area contributed by atoms with Gasteiger partial charge in [0.25, 0.3) is 0 Å². The van der Waals surface area contributed by atoms with Crippen molar-refractivity contribution < 1.29 is 0 Å². The van der Waals surface area contributed by atoms with Gasteiger partial charge in [0.15, 0.2) is 0 Å². The molecule has 1 nitrogen and oxygen atoms in total. The van der Waals surface area contributed by atoms with Gasteiger partial charge in [-0.3, -0.25) is 4.99 Å². The Bertz CT molecular complexity index is 234. The molecular formula is C12H21N. The van der Waals surface area contributed by atoms with E-state index in [1.165, 1.54) is 0 Å². The van der Waals surface area contributed by atoms with Gasteiger partial charge >= 0.3 is 0 Å². The molecule has 1 aliphatic rings. The highest BCUT2D eigenvalue weighted by atomic mass is 14.8. The summed E-state index contributed by atoms with van der Waals surface area (Å²) in [6.07, 6.45) is 7.80. The number of hydrogen-bond acceptors (Lipinski definition) is 1. The van der Waals surface area contributed by atoms with Crippen molar-refractivity contribution >= 4 is 6.21 Å². The summed E-state index contributed by atoms with van der Waals surface area (Å²) in [5, 5.41) is 0. The van der Waals surface area contributed by atoms with Crippen molar-refractivity contribution in [1.82, 2.24) is 0 Å². The predicted molar refractivity (Wildman–Crippen MR) is 59.3 cm³/mol. The largest absolute Gasteiger partial charge is 0.294 e. The smallest absolute Gasteiger partial charge is 0.0476 e. The molecule has 74 valence electrons. The Hall–Kier alpha value is -0.590. The Kier molecular flexibility index (Phi) is 2.65. The Morgan fingerprint density at radius 1 is 1.15 bits per heavy atom. The van der Waals surface area contributed by atoms with Gasteiger partial charge in [0.1, 0.15) is 0 Å². The van der Waals surface area contributed by atoms with Crippen LogP contribution < -0.4 is 0 Å². The third kappa shape index (κ3) is 3.33. The molecule has 0 saturated heterocycles. The molecule has 0 radical (unpaired) electrons. The third-order valence-electron chi connectivity index (χ3n) is 2.45. The fourth-order valence-electron chi connectivity index (χ4n) is 1.68. The van der Waals surface area contributed by atoms with Gasteiger partial charge in [-0.25, -0.2) is 0 Å². The van der Waals surface area contributed by atoms with E-state index in [2.05, 4.69) is 58.0 Å². The standard InChI is InChI=1S/C12H21N/c1-10-8-11(2,3)6-7-12(4,5)9-13-10/h6-7,9-10H,8H2,1-5H3/b7-6-,13-9?. The Balaban J connectivity index is 2.91. The van der Waals surface area contributed by atoms with Gasteiger partial charge in [0.2, 0.25) is 0 Å². The van der Waals surface area contributed by atoms with Crippen molar-refractivity contribution in [3.63, 3.8) is 0 Å². The molecule has 0 aromatic rings. The first-order valence-electron chi connectivity index (χ1n) is 5.05. The van der Waals surface area contributed by atoms with Gasteiger partial charge in [-0.15, -0.1) is 0 Å². The third-order valence-corrected chi connectivity index (χ3v) is 2.45. The lowest BCUT2D eigenvalue weighted by atomic mass is 9.81. The van der Waals surface area contributed by atoms with Crippen LogP contribution in [0.2, 0.25) is 0 Å². The highest BCUT2D eigenvalue weighted by Gasteiger charge is 2.22. The zero-order chi connectivity index (χ0) is 10.1. The monoisotopic (exact) mass is 179 g/mol. The van der Waals surface area contributed by atoms with E-state index in [1.807, 2.05) is 0 Å². The molecule has 1 rings (SSSR count). The van der Waals surface area contributed by atoms with E-state index >= 15 is 0 Å². The zero-order valence-corrected chi connectivity index (χ0v) is 9.46. The van der Waals surface area contributed by atoms with Gasteiger partial charge in [0.05, 0.1) is 0 Å². The second-order valence-corrected chi connectivity index (χ2v) is 5.47. The first kappa shape index (κ1) is 10.5. The minimum atomic E-state index is 0.117. The lowest BCUT2D eigenvalue weighted by Gasteiger charge is -2.27. The fraction of sp³-hybridized carbons (Fsp3) is 0.750. The van der Waals surface area contributed by atoms with Gasteiger partial charge < -0.3 is 0 Å². The van der Waals surface area contributed by atoms with Crippen LogP contribution >= 0.6 is 0 Å². The molecule has 0 fully saturated rings. The van der Waals surface area contributed by atoms with E-state index < -0.39 is 0 Å². The average molecular weight is 179 g/mol. The van der Waals surface area contributed by atoms with Crippen LogP contribution in [0.25, 0.3) is 0 Å². The first-order chi connectivity index (χ1) is 5.81. The maximum absolute atomic E-state index is 4.56. The molecule has 1 heterocycles. The number of rotatable bonds is 0. The Morgan fingerprint density at radius 2 is 1.77 bits per heavy atom. The number of hydrogen-bond donors (Lipinski definition) is 0. The molecule has 0 spiro atoms. The molecule has 0 amide bonds. The van der Waals surface area contributed by atoms with Crippen LogP contribution in [0.5, 0.6) is 0 Å². The molecule has 1 heteroatoms. The topological polar surface area (TPSA) is 12.4 Å². The summed E-state index contributed by atoms with van der Waals surface area (Å²) < 4.78 is 0. The number of nitrogens with zero attached hydrogens (tertiary/aromatic N) is 1. The maximum Gasteiger partial charge on any atom is 0.0476 e. The van der Waals surface area contributed by atoms with Crippen molar-refractivity contribution in [1.29, 1.82) is 0 Å². The summed E-state index contributed by atoms with van der Waals surface area (Å²) in [7, 11) is 0. The fourth-order valence-corrected chi connectivity index (χ4v) is 1.68. The zero-order valence-electron chi connectivity index (χ0n) is 9.46. The number of allylic oxidation sites excluding steroid dienone is 2. The van der Waals surface area contributed by atoms with E-state index in [1.54, 1.807) is 0 Å². The van der Waals surface area contributed by atoms with Crippen molar-refractivity contribution in [2.75, 3.05) is 0 Å². The van der Waals surface area contributed by atoms with E-state index in [0.717, 1.165) is 6.42 Å². The van der Waals surface area contributed by atoms with Gasteiger partial charge in [-0.1, -0.05) is 39.8 Å². The minimum Gasteiger partial charge on any atom is -0.294 e. The Labute approximate surface area is 82.0 Å². The molecule has 0 aromatic carbocycles. The lowest BCUT2D eigenvalue weighted by Crippen LogP contribution is -2.21. The van der Waals surface area contributed by atoms with Crippen LogP contribution in [0.1, 0.15) is 41.0 Å². The van der Waals surface area contributed by atoms with E-state index in [9.17, 15) is 0 Å². The minimum absolute atomic E-state index is 0.117. The molecule has 0 bridgehead atoms. The predicted octanol–water partition coefficient (Wildman–Crippen LogP) is 3.46. The van der Waals surface area contributed by atoms with Crippen molar-refractivity contribution in [3.8, 4) is 0 Å². The molecule has 1 unspecified atom stereocenters.